The highest BCUT2D eigenvalue weighted by molar-refractivity contribution is 14.1. The van der Waals surface area contributed by atoms with Crippen LogP contribution in [0.25, 0.3) is 22.2 Å². The van der Waals surface area contributed by atoms with Crippen molar-refractivity contribution in [2.24, 2.45) is 5.10 Å². The molecule has 0 fully saturated rings. The second-order valence-electron chi connectivity index (χ2n) is 8.24. The maximum Gasteiger partial charge on any atom is 0.272 e. The van der Waals surface area contributed by atoms with Gasteiger partial charge in [0, 0.05) is 16.0 Å². The molecule has 0 aliphatic carbocycles. The summed E-state index contributed by atoms with van der Waals surface area (Å²) in [4.78, 5) is 17.8. The van der Waals surface area contributed by atoms with E-state index in [2.05, 4.69) is 33.1 Å². The van der Waals surface area contributed by atoms with Crippen LogP contribution in [0.5, 0.6) is 5.75 Å². The highest BCUT2D eigenvalue weighted by atomic mass is 127. The van der Waals surface area contributed by atoms with Gasteiger partial charge in [0.25, 0.3) is 5.91 Å². The third-order valence-electron chi connectivity index (χ3n) is 5.67. The van der Waals surface area contributed by atoms with Crippen molar-refractivity contribution < 1.29 is 9.53 Å². The second kappa shape index (κ2) is 11.5. The second-order valence-corrected chi connectivity index (χ2v) is 9.84. The van der Waals surface area contributed by atoms with Crippen LogP contribution in [0.3, 0.4) is 0 Å². The van der Waals surface area contributed by atoms with Gasteiger partial charge in [-0.15, -0.1) is 0 Å². The van der Waals surface area contributed by atoms with Gasteiger partial charge in [-0.3, -0.25) is 4.79 Å². The Morgan fingerprint density at radius 1 is 0.946 bits per heavy atom. The first-order valence-corrected chi connectivity index (χ1v) is 13.0. The van der Waals surface area contributed by atoms with Crippen LogP contribution in [0, 0.1) is 3.57 Å². The molecule has 5 aromatic rings. The number of para-hydroxylation sites is 1. The van der Waals surface area contributed by atoms with E-state index in [1.807, 2.05) is 97.1 Å². The highest BCUT2D eigenvalue weighted by Gasteiger charge is 2.13. The number of hydrogen-bond acceptors (Lipinski definition) is 4. The van der Waals surface area contributed by atoms with E-state index in [0.29, 0.717) is 17.2 Å². The summed E-state index contributed by atoms with van der Waals surface area (Å²) in [6, 6.07) is 32.5. The first kappa shape index (κ1) is 24.9. The maximum atomic E-state index is 13.1. The van der Waals surface area contributed by atoms with Gasteiger partial charge in [-0.05, 0) is 76.2 Å². The first-order chi connectivity index (χ1) is 18.1. The van der Waals surface area contributed by atoms with Crippen LogP contribution in [0.4, 0.5) is 0 Å². The number of rotatable bonds is 7. The van der Waals surface area contributed by atoms with E-state index in [9.17, 15) is 4.79 Å². The number of hydrogen-bond donors (Lipinski definition) is 1. The smallest absolute Gasteiger partial charge is 0.272 e. The largest absolute Gasteiger partial charge is 0.488 e. The Morgan fingerprint density at radius 2 is 1.70 bits per heavy atom. The number of pyridine rings is 1. The fraction of sp³-hybridized carbons (Fsp3) is 0.0333. The summed E-state index contributed by atoms with van der Waals surface area (Å²) in [6.45, 7) is 0.446. The average molecular weight is 618 g/mol. The number of aromatic nitrogens is 1. The van der Waals surface area contributed by atoms with Crippen LogP contribution in [0.2, 0.25) is 5.02 Å². The number of nitrogens with zero attached hydrogens (tertiary/aromatic N) is 2. The van der Waals surface area contributed by atoms with Crippen LogP contribution in [-0.4, -0.2) is 17.1 Å². The summed E-state index contributed by atoms with van der Waals surface area (Å²) in [7, 11) is 0. The lowest BCUT2D eigenvalue weighted by Gasteiger charge is -2.09. The Labute approximate surface area is 233 Å². The molecule has 0 radical (unpaired) electrons. The zero-order valence-electron chi connectivity index (χ0n) is 19.6. The molecule has 7 heteroatoms. The molecule has 0 saturated carbocycles. The fourth-order valence-electron chi connectivity index (χ4n) is 3.80. The van der Waals surface area contributed by atoms with E-state index in [0.717, 1.165) is 42.6 Å². The number of amides is 1. The Balaban J connectivity index is 1.29. The first-order valence-electron chi connectivity index (χ1n) is 11.5. The number of nitrogens with one attached hydrogen (secondary N) is 1. The van der Waals surface area contributed by atoms with Gasteiger partial charge in [0.15, 0.2) is 0 Å². The molecule has 0 aliphatic rings. The van der Waals surface area contributed by atoms with Crippen molar-refractivity contribution >= 4 is 57.2 Å². The summed E-state index contributed by atoms with van der Waals surface area (Å²) >= 11 is 8.17. The summed E-state index contributed by atoms with van der Waals surface area (Å²) < 4.78 is 6.88. The Hall–Kier alpha value is -3.75. The molecule has 0 unspecified atom stereocenters. The van der Waals surface area contributed by atoms with Crippen LogP contribution < -0.4 is 10.2 Å². The molecule has 1 heterocycles. The van der Waals surface area contributed by atoms with E-state index in [1.165, 1.54) is 0 Å². The van der Waals surface area contributed by atoms with Gasteiger partial charge >= 0.3 is 0 Å². The van der Waals surface area contributed by atoms with E-state index >= 15 is 0 Å². The van der Waals surface area contributed by atoms with Crippen molar-refractivity contribution in [3.8, 4) is 17.0 Å². The van der Waals surface area contributed by atoms with Crippen LogP contribution in [-0.2, 0) is 6.61 Å². The highest BCUT2D eigenvalue weighted by Crippen LogP contribution is 2.25. The van der Waals surface area contributed by atoms with Gasteiger partial charge in [-0.25, -0.2) is 10.4 Å². The molecule has 182 valence electrons. The van der Waals surface area contributed by atoms with Gasteiger partial charge in [0.05, 0.1) is 26.6 Å². The van der Waals surface area contributed by atoms with Crippen molar-refractivity contribution in [1.82, 2.24) is 10.4 Å². The SMILES string of the molecule is O=C(N/N=C/c1ccc(OCc2ccc(Cl)cc2)c(I)c1)c1cc(-c2ccccc2)nc2ccccc12. The van der Waals surface area contributed by atoms with E-state index in [4.69, 9.17) is 21.3 Å². The fourth-order valence-corrected chi connectivity index (χ4v) is 4.62. The Bertz CT molecular complexity index is 1590. The van der Waals surface area contributed by atoms with Crippen LogP contribution in [0.15, 0.2) is 108 Å². The molecule has 1 amide bonds. The topological polar surface area (TPSA) is 63.6 Å². The standard InChI is InChI=1S/C30H21ClIN3O2/c31-23-13-10-20(11-14-23)19-37-29-15-12-21(16-26(29)32)18-33-35-30(36)25-17-28(22-6-2-1-3-7-22)34-27-9-5-4-8-24(25)27/h1-18H,19H2,(H,35,36)/b33-18+. The van der Waals surface area contributed by atoms with Crippen molar-refractivity contribution in [2.75, 3.05) is 0 Å². The zero-order valence-corrected chi connectivity index (χ0v) is 22.5. The number of halogens is 2. The maximum absolute atomic E-state index is 13.1. The lowest BCUT2D eigenvalue weighted by atomic mass is 10.0. The molecule has 1 N–H and O–H groups in total. The molecular weight excluding hydrogens is 597 g/mol. The van der Waals surface area contributed by atoms with E-state index in [1.54, 1.807) is 12.3 Å². The lowest BCUT2D eigenvalue weighted by Crippen LogP contribution is -2.18. The minimum atomic E-state index is -0.301. The normalized spacial score (nSPS) is 11.1. The Morgan fingerprint density at radius 3 is 2.49 bits per heavy atom. The minimum absolute atomic E-state index is 0.301. The third kappa shape index (κ3) is 6.15. The van der Waals surface area contributed by atoms with Gasteiger partial charge in [-0.1, -0.05) is 72.3 Å². The summed E-state index contributed by atoms with van der Waals surface area (Å²) in [5.74, 6) is 0.470. The van der Waals surface area contributed by atoms with Gasteiger partial charge < -0.3 is 4.74 Å². The van der Waals surface area contributed by atoms with Gasteiger partial charge in [0.2, 0.25) is 0 Å². The lowest BCUT2D eigenvalue weighted by molar-refractivity contribution is 0.0956. The molecule has 37 heavy (non-hydrogen) atoms. The number of fused-ring (bicyclic) bond motifs is 1. The summed E-state index contributed by atoms with van der Waals surface area (Å²) in [6.07, 6.45) is 1.62. The molecule has 0 atom stereocenters. The number of carbonyl (C=O) groups is 1. The van der Waals surface area contributed by atoms with Crippen molar-refractivity contribution in [2.45, 2.75) is 6.61 Å². The predicted molar refractivity (Wildman–Crippen MR) is 157 cm³/mol. The molecular formula is C30H21ClIN3O2. The van der Waals surface area contributed by atoms with Gasteiger partial charge in [-0.2, -0.15) is 5.10 Å². The third-order valence-corrected chi connectivity index (χ3v) is 6.77. The van der Waals surface area contributed by atoms with Gasteiger partial charge in [0.1, 0.15) is 12.4 Å². The van der Waals surface area contributed by atoms with Crippen molar-refractivity contribution in [1.29, 1.82) is 0 Å². The Kier molecular flexibility index (Phi) is 7.77. The number of ether oxygens (including phenoxy) is 1. The summed E-state index contributed by atoms with van der Waals surface area (Å²) in [5, 5.41) is 5.67. The molecule has 5 nitrogen and oxygen atoms in total. The van der Waals surface area contributed by atoms with E-state index in [-0.39, 0.29) is 5.91 Å². The minimum Gasteiger partial charge on any atom is -0.488 e. The quantitative estimate of drug-likeness (QED) is 0.117. The monoisotopic (exact) mass is 617 g/mol. The zero-order chi connectivity index (χ0) is 25.6. The van der Waals surface area contributed by atoms with Crippen LogP contribution >= 0.6 is 34.2 Å². The molecule has 4 aromatic carbocycles. The number of carbonyl (C=O) groups excluding carboxylic acids is 1. The molecule has 0 bridgehead atoms. The van der Waals surface area contributed by atoms with E-state index < -0.39 is 0 Å². The molecule has 1 aromatic heterocycles. The van der Waals surface area contributed by atoms with Crippen LogP contribution in [0.1, 0.15) is 21.5 Å². The predicted octanol–water partition coefficient (Wildman–Crippen LogP) is 7.50. The molecule has 0 aliphatic heterocycles. The van der Waals surface area contributed by atoms with Crippen molar-refractivity contribution in [3.63, 3.8) is 0 Å². The average Bonchev–Trinajstić information content (AvgIpc) is 2.93. The molecule has 0 saturated heterocycles. The number of benzene rings is 4. The molecule has 0 spiro atoms. The number of hydrazone groups is 1. The molecule has 5 rings (SSSR count). The summed E-state index contributed by atoms with van der Waals surface area (Å²) in [5.41, 5.74) is 7.48. The van der Waals surface area contributed by atoms with Crippen molar-refractivity contribution in [3.05, 3.63) is 128 Å².